The zero-order valence-corrected chi connectivity index (χ0v) is 24.7. The average Bonchev–Trinajstić information content (AvgIpc) is 3.25. The van der Waals surface area contributed by atoms with Crippen LogP contribution in [0.25, 0.3) is 6.08 Å². The van der Waals surface area contributed by atoms with Crippen LogP contribution in [0.5, 0.6) is 17.2 Å². The van der Waals surface area contributed by atoms with E-state index in [4.69, 9.17) is 18.9 Å². The third-order valence-corrected chi connectivity index (χ3v) is 7.44. The highest BCUT2D eigenvalue weighted by Gasteiger charge is 2.33. The summed E-state index contributed by atoms with van der Waals surface area (Å²) in [5.41, 5.74) is 2.19. The van der Waals surface area contributed by atoms with Gasteiger partial charge in [0.15, 0.2) is 16.3 Å². The van der Waals surface area contributed by atoms with Gasteiger partial charge in [0.25, 0.3) is 5.56 Å². The van der Waals surface area contributed by atoms with Crippen LogP contribution in [-0.2, 0) is 9.53 Å². The minimum Gasteiger partial charge on any atom is -0.494 e. The first-order valence-electron chi connectivity index (χ1n) is 13.4. The van der Waals surface area contributed by atoms with E-state index in [2.05, 4.69) is 11.9 Å². The summed E-state index contributed by atoms with van der Waals surface area (Å²) in [6, 6.07) is 12.3. The second-order valence-corrected chi connectivity index (χ2v) is 11.0. The summed E-state index contributed by atoms with van der Waals surface area (Å²) in [5, 5.41) is 0. The van der Waals surface area contributed by atoms with Gasteiger partial charge >= 0.3 is 5.97 Å². The van der Waals surface area contributed by atoms with E-state index in [1.165, 1.54) is 11.3 Å². The van der Waals surface area contributed by atoms with Crippen molar-refractivity contribution in [1.29, 1.82) is 0 Å². The maximum Gasteiger partial charge on any atom is 0.338 e. The number of benzene rings is 2. The lowest BCUT2D eigenvalue weighted by Gasteiger charge is -2.25. The van der Waals surface area contributed by atoms with Gasteiger partial charge < -0.3 is 18.9 Å². The van der Waals surface area contributed by atoms with Crippen LogP contribution in [0.3, 0.4) is 0 Å². The summed E-state index contributed by atoms with van der Waals surface area (Å²) >= 11 is 1.28. The molecule has 2 aromatic carbocycles. The third-order valence-electron chi connectivity index (χ3n) is 6.46. The Morgan fingerprint density at radius 1 is 1.10 bits per heavy atom. The Hall–Kier alpha value is -3.85. The maximum absolute atomic E-state index is 13.9. The lowest BCUT2D eigenvalue weighted by Crippen LogP contribution is -2.40. The number of nitrogens with zero attached hydrogens (tertiary/aromatic N) is 2. The number of fused-ring (bicyclic) bond motifs is 1. The average molecular weight is 565 g/mol. The number of rotatable bonds is 11. The summed E-state index contributed by atoms with van der Waals surface area (Å²) in [6.45, 7) is 8.76. The molecular weight excluding hydrogens is 528 g/mol. The molecule has 0 bridgehead atoms. The molecule has 3 aromatic rings. The highest BCUT2D eigenvalue weighted by atomic mass is 32.1. The molecule has 0 fully saturated rings. The highest BCUT2D eigenvalue weighted by molar-refractivity contribution is 7.07. The first kappa shape index (κ1) is 29.1. The van der Waals surface area contributed by atoms with Crippen LogP contribution in [0, 0.1) is 5.92 Å². The molecule has 0 saturated carbocycles. The second kappa shape index (κ2) is 13.0. The van der Waals surface area contributed by atoms with E-state index in [0.29, 0.717) is 38.7 Å². The molecule has 212 valence electrons. The van der Waals surface area contributed by atoms with Crippen LogP contribution in [0.2, 0.25) is 0 Å². The number of carbonyl (C=O) groups excluding carboxylic acids is 1. The molecule has 1 aliphatic rings. The van der Waals surface area contributed by atoms with E-state index in [9.17, 15) is 9.59 Å². The number of allylic oxidation sites excluding steroid dienone is 1. The van der Waals surface area contributed by atoms with Crippen molar-refractivity contribution < 1.29 is 23.7 Å². The van der Waals surface area contributed by atoms with E-state index in [1.54, 1.807) is 37.9 Å². The number of hydrogen-bond acceptors (Lipinski definition) is 8. The zero-order valence-electron chi connectivity index (χ0n) is 23.9. The number of unbranched alkanes of at least 4 members (excludes halogenated alkanes) is 1. The minimum absolute atomic E-state index is 0.172. The fraction of sp³-hybridized carbons (Fsp3) is 0.387. The van der Waals surface area contributed by atoms with Gasteiger partial charge in [-0.15, -0.1) is 0 Å². The monoisotopic (exact) mass is 564 g/mol. The van der Waals surface area contributed by atoms with E-state index >= 15 is 0 Å². The van der Waals surface area contributed by atoms with Gasteiger partial charge in [-0.05, 0) is 60.7 Å². The number of hydrogen-bond donors (Lipinski definition) is 0. The first-order chi connectivity index (χ1) is 19.3. The molecule has 1 aliphatic heterocycles. The van der Waals surface area contributed by atoms with Crippen molar-refractivity contribution >= 4 is 23.4 Å². The zero-order chi connectivity index (χ0) is 28.8. The number of esters is 1. The summed E-state index contributed by atoms with van der Waals surface area (Å²) in [4.78, 5) is 32.5. The number of thiazole rings is 1. The van der Waals surface area contributed by atoms with Gasteiger partial charge in [-0.1, -0.05) is 56.7 Å². The number of methoxy groups -OCH3 is 2. The molecule has 0 radical (unpaired) electrons. The van der Waals surface area contributed by atoms with E-state index in [-0.39, 0.29) is 18.1 Å². The molecule has 0 amide bonds. The molecule has 1 unspecified atom stereocenters. The number of aromatic nitrogens is 1. The Bertz CT molecular complexity index is 1570. The fourth-order valence-electron chi connectivity index (χ4n) is 4.39. The molecule has 40 heavy (non-hydrogen) atoms. The smallest absolute Gasteiger partial charge is 0.338 e. The molecular formula is C31H36N2O6S. The molecule has 1 aromatic heterocycles. The highest BCUT2D eigenvalue weighted by Crippen LogP contribution is 2.32. The van der Waals surface area contributed by atoms with Crippen molar-refractivity contribution in [2.75, 3.05) is 27.4 Å². The quantitative estimate of drug-likeness (QED) is 0.249. The van der Waals surface area contributed by atoms with Crippen molar-refractivity contribution in [2.24, 2.45) is 10.9 Å². The Morgan fingerprint density at radius 3 is 2.48 bits per heavy atom. The molecule has 0 spiro atoms. The van der Waals surface area contributed by atoms with Crippen LogP contribution in [0.1, 0.15) is 57.7 Å². The van der Waals surface area contributed by atoms with E-state index in [0.717, 1.165) is 29.7 Å². The van der Waals surface area contributed by atoms with E-state index < -0.39 is 12.0 Å². The van der Waals surface area contributed by atoms with Gasteiger partial charge in [0, 0.05) is 0 Å². The Kier molecular flexibility index (Phi) is 9.47. The van der Waals surface area contributed by atoms with Gasteiger partial charge in [0.1, 0.15) is 5.75 Å². The molecule has 4 rings (SSSR count). The molecule has 9 heteroatoms. The van der Waals surface area contributed by atoms with Gasteiger partial charge in [-0.3, -0.25) is 9.36 Å². The van der Waals surface area contributed by atoms with Crippen molar-refractivity contribution in [2.45, 2.75) is 46.6 Å². The van der Waals surface area contributed by atoms with Crippen molar-refractivity contribution in [1.82, 2.24) is 4.57 Å². The molecule has 0 aliphatic carbocycles. The Morgan fingerprint density at radius 2 is 1.82 bits per heavy atom. The Balaban J connectivity index is 1.82. The summed E-state index contributed by atoms with van der Waals surface area (Å²) in [7, 11) is 3.14. The van der Waals surface area contributed by atoms with Crippen LogP contribution < -0.4 is 29.1 Å². The maximum atomic E-state index is 13.9. The summed E-state index contributed by atoms with van der Waals surface area (Å²) < 4.78 is 24.3. The Labute approximate surface area is 238 Å². The molecule has 0 saturated heterocycles. The lowest BCUT2D eigenvalue weighted by molar-refractivity contribution is -0.140. The largest absolute Gasteiger partial charge is 0.494 e. The molecule has 2 heterocycles. The second-order valence-electron chi connectivity index (χ2n) is 9.96. The third kappa shape index (κ3) is 6.31. The van der Waals surface area contributed by atoms with Crippen LogP contribution in [0.4, 0.5) is 0 Å². The van der Waals surface area contributed by atoms with Crippen molar-refractivity contribution in [3.05, 3.63) is 84.5 Å². The normalized spacial score (nSPS) is 15.1. The first-order valence-corrected chi connectivity index (χ1v) is 14.2. The molecule has 0 N–H and O–H groups in total. The fourth-order valence-corrected chi connectivity index (χ4v) is 5.44. The predicted molar refractivity (Wildman–Crippen MR) is 156 cm³/mol. The van der Waals surface area contributed by atoms with Gasteiger partial charge in [0.05, 0.1) is 49.3 Å². The predicted octanol–water partition coefficient (Wildman–Crippen LogP) is 4.63. The van der Waals surface area contributed by atoms with Gasteiger partial charge in [0.2, 0.25) is 0 Å². The molecule has 8 nitrogen and oxygen atoms in total. The van der Waals surface area contributed by atoms with Crippen LogP contribution >= 0.6 is 11.3 Å². The van der Waals surface area contributed by atoms with Crippen LogP contribution in [-0.4, -0.2) is 38.0 Å². The lowest BCUT2D eigenvalue weighted by atomic mass is 9.96. The van der Waals surface area contributed by atoms with Crippen molar-refractivity contribution in [3.63, 3.8) is 0 Å². The SMILES string of the molecule is CCCCOc1ccc(C2C(C(=O)OCC(C)C)=C(C)N=c3s/c(=C\c4ccc(OC)c(OC)c4)c(=O)n32)cc1. The van der Waals surface area contributed by atoms with Crippen molar-refractivity contribution in [3.8, 4) is 17.2 Å². The minimum atomic E-state index is -0.687. The van der Waals surface area contributed by atoms with Gasteiger partial charge in [-0.2, -0.15) is 0 Å². The van der Waals surface area contributed by atoms with E-state index in [1.807, 2.05) is 50.2 Å². The number of ether oxygens (including phenoxy) is 4. The topological polar surface area (TPSA) is 88.4 Å². The number of carbonyl (C=O) groups is 1. The standard InChI is InChI=1S/C31H36N2O6S/c1-7-8-15-38-23-12-10-22(11-13-23)28-27(30(35)39-18-19(2)3)20(4)32-31-33(28)29(34)26(40-31)17-21-9-14-24(36-5)25(16-21)37-6/h9-14,16-17,19,28H,7-8,15,18H2,1-6H3/b26-17-. The summed E-state index contributed by atoms with van der Waals surface area (Å²) in [6.07, 6.45) is 3.80. The summed E-state index contributed by atoms with van der Waals surface area (Å²) in [5.74, 6) is 1.60. The van der Waals surface area contributed by atoms with Crippen LogP contribution in [0.15, 0.2) is 63.5 Å². The van der Waals surface area contributed by atoms with Gasteiger partial charge in [-0.25, -0.2) is 9.79 Å². The molecule has 1 atom stereocenters.